The summed E-state index contributed by atoms with van der Waals surface area (Å²) >= 11 is 0. The van der Waals surface area contributed by atoms with E-state index in [9.17, 15) is 9.59 Å². The van der Waals surface area contributed by atoms with Crippen molar-refractivity contribution in [1.82, 2.24) is 5.32 Å². The SMILES string of the molecule is Cc1cccc(NC(=O)C2COC(=O)N2)c1. The first-order valence-corrected chi connectivity index (χ1v) is 4.96. The molecule has 1 heterocycles. The molecule has 84 valence electrons. The Kier molecular flexibility index (Phi) is 2.76. The van der Waals surface area contributed by atoms with Crippen molar-refractivity contribution in [2.75, 3.05) is 11.9 Å². The summed E-state index contributed by atoms with van der Waals surface area (Å²) in [7, 11) is 0. The third kappa shape index (κ3) is 2.31. The van der Waals surface area contributed by atoms with E-state index in [1.807, 2.05) is 25.1 Å². The summed E-state index contributed by atoms with van der Waals surface area (Å²) in [6.07, 6.45) is -0.551. The third-order valence-corrected chi connectivity index (χ3v) is 2.28. The van der Waals surface area contributed by atoms with Crippen LogP contribution in [-0.2, 0) is 9.53 Å². The topological polar surface area (TPSA) is 67.4 Å². The standard InChI is InChI=1S/C11H12N2O3/c1-7-3-2-4-8(5-7)12-10(14)9-6-16-11(15)13-9/h2-5,9H,6H2,1H3,(H,12,14)(H,13,15). The van der Waals surface area contributed by atoms with Gasteiger partial charge in [0.05, 0.1) is 0 Å². The smallest absolute Gasteiger partial charge is 0.407 e. The van der Waals surface area contributed by atoms with Crippen molar-refractivity contribution >= 4 is 17.7 Å². The van der Waals surface area contributed by atoms with Crippen LogP contribution in [0.3, 0.4) is 0 Å². The predicted octanol–water partition coefficient (Wildman–Crippen LogP) is 1.04. The van der Waals surface area contributed by atoms with Gasteiger partial charge in [-0.1, -0.05) is 12.1 Å². The zero-order valence-corrected chi connectivity index (χ0v) is 8.82. The molecule has 0 radical (unpaired) electrons. The van der Waals surface area contributed by atoms with E-state index in [1.165, 1.54) is 0 Å². The van der Waals surface area contributed by atoms with Crippen molar-refractivity contribution in [2.45, 2.75) is 13.0 Å². The quantitative estimate of drug-likeness (QED) is 0.782. The number of benzene rings is 1. The predicted molar refractivity (Wildman–Crippen MR) is 58.1 cm³/mol. The van der Waals surface area contributed by atoms with E-state index in [0.29, 0.717) is 5.69 Å². The number of anilines is 1. The van der Waals surface area contributed by atoms with Gasteiger partial charge in [0.15, 0.2) is 0 Å². The molecule has 2 amide bonds. The Hall–Kier alpha value is -2.04. The van der Waals surface area contributed by atoms with Crippen molar-refractivity contribution in [3.8, 4) is 0 Å². The molecule has 0 spiro atoms. The Bertz CT molecular complexity index is 431. The van der Waals surface area contributed by atoms with Crippen molar-refractivity contribution in [3.05, 3.63) is 29.8 Å². The molecule has 16 heavy (non-hydrogen) atoms. The van der Waals surface area contributed by atoms with Crippen LogP contribution in [0.5, 0.6) is 0 Å². The monoisotopic (exact) mass is 220 g/mol. The van der Waals surface area contributed by atoms with Crippen LogP contribution >= 0.6 is 0 Å². The highest BCUT2D eigenvalue weighted by atomic mass is 16.6. The number of hydrogen-bond donors (Lipinski definition) is 2. The van der Waals surface area contributed by atoms with Gasteiger partial charge in [-0.05, 0) is 24.6 Å². The minimum atomic E-state index is -0.604. The molecule has 0 bridgehead atoms. The molecule has 1 fully saturated rings. The van der Waals surface area contributed by atoms with E-state index in [2.05, 4.69) is 15.4 Å². The highest BCUT2D eigenvalue weighted by molar-refractivity contribution is 5.97. The van der Waals surface area contributed by atoms with E-state index in [0.717, 1.165) is 5.56 Å². The van der Waals surface area contributed by atoms with E-state index in [4.69, 9.17) is 0 Å². The second kappa shape index (κ2) is 4.22. The molecule has 1 aliphatic rings. The molecule has 2 rings (SSSR count). The minimum absolute atomic E-state index is 0.0798. The van der Waals surface area contributed by atoms with E-state index < -0.39 is 12.1 Å². The van der Waals surface area contributed by atoms with Crippen molar-refractivity contribution < 1.29 is 14.3 Å². The molecule has 1 atom stereocenters. The molecule has 0 aromatic heterocycles. The summed E-state index contributed by atoms with van der Waals surface area (Å²) in [5.74, 6) is -0.267. The first-order valence-electron chi connectivity index (χ1n) is 4.96. The second-order valence-corrected chi connectivity index (χ2v) is 3.65. The molecule has 2 N–H and O–H groups in total. The lowest BCUT2D eigenvalue weighted by Crippen LogP contribution is -2.38. The zero-order chi connectivity index (χ0) is 11.5. The lowest BCUT2D eigenvalue weighted by molar-refractivity contribution is -0.117. The Morgan fingerprint density at radius 1 is 1.56 bits per heavy atom. The van der Waals surface area contributed by atoms with Gasteiger partial charge in [-0.3, -0.25) is 4.79 Å². The van der Waals surface area contributed by atoms with Crippen LogP contribution in [0.1, 0.15) is 5.56 Å². The highest BCUT2D eigenvalue weighted by Gasteiger charge is 2.28. The summed E-state index contributed by atoms with van der Waals surface area (Å²) in [6, 6.07) is 6.84. The molecule has 5 heteroatoms. The van der Waals surface area contributed by atoms with Crippen LogP contribution in [-0.4, -0.2) is 24.6 Å². The molecule has 1 aliphatic heterocycles. The maximum Gasteiger partial charge on any atom is 0.407 e. The molecule has 1 aromatic carbocycles. The lowest BCUT2D eigenvalue weighted by Gasteiger charge is -2.09. The van der Waals surface area contributed by atoms with Gasteiger partial charge in [-0.15, -0.1) is 0 Å². The van der Waals surface area contributed by atoms with Gasteiger partial charge in [0.25, 0.3) is 5.91 Å². The van der Waals surface area contributed by atoms with Crippen LogP contribution in [0.2, 0.25) is 0 Å². The number of carbonyl (C=O) groups is 2. The number of aryl methyl sites for hydroxylation is 1. The van der Waals surface area contributed by atoms with Crippen molar-refractivity contribution in [3.63, 3.8) is 0 Å². The summed E-state index contributed by atoms with van der Waals surface area (Å²) in [5.41, 5.74) is 1.77. The lowest BCUT2D eigenvalue weighted by atomic mass is 10.2. The Morgan fingerprint density at radius 3 is 3.00 bits per heavy atom. The van der Waals surface area contributed by atoms with Gasteiger partial charge in [-0.25, -0.2) is 4.79 Å². The number of cyclic esters (lactones) is 1. The zero-order valence-electron chi connectivity index (χ0n) is 8.82. The molecule has 1 saturated heterocycles. The average Bonchev–Trinajstić information content (AvgIpc) is 2.65. The Labute approximate surface area is 92.8 Å². The van der Waals surface area contributed by atoms with Gasteiger partial charge in [-0.2, -0.15) is 0 Å². The van der Waals surface area contributed by atoms with E-state index >= 15 is 0 Å². The Balaban J connectivity index is 1.99. The minimum Gasteiger partial charge on any atom is -0.447 e. The molecular weight excluding hydrogens is 208 g/mol. The number of carbonyl (C=O) groups excluding carboxylic acids is 2. The van der Waals surface area contributed by atoms with E-state index in [-0.39, 0.29) is 12.5 Å². The largest absolute Gasteiger partial charge is 0.447 e. The van der Waals surface area contributed by atoms with Gasteiger partial charge >= 0.3 is 6.09 Å². The highest BCUT2D eigenvalue weighted by Crippen LogP contribution is 2.10. The number of nitrogens with one attached hydrogen (secondary N) is 2. The van der Waals surface area contributed by atoms with Gasteiger partial charge in [0.2, 0.25) is 0 Å². The molecule has 0 saturated carbocycles. The summed E-state index contributed by atoms with van der Waals surface area (Å²) in [5, 5.41) is 5.13. The van der Waals surface area contributed by atoms with Crippen molar-refractivity contribution in [2.24, 2.45) is 0 Å². The number of hydrogen-bond acceptors (Lipinski definition) is 3. The fourth-order valence-electron chi connectivity index (χ4n) is 1.48. The van der Waals surface area contributed by atoms with Gasteiger partial charge < -0.3 is 15.4 Å². The van der Waals surface area contributed by atoms with Crippen LogP contribution < -0.4 is 10.6 Å². The van der Waals surface area contributed by atoms with Crippen molar-refractivity contribution in [1.29, 1.82) is 0 Å². The molecule has 1 unspecified atom stereocenters. The normalized spacial score (nSPS) is 18.8. The van der Waals surface area contributed by atoms with E-state index in [1.54, 1.807) is 6.07 Å². The maximum atomic E-state index is 11.7. The second-order valence-electron chi connectivity index (χ2n) is 3.65. The molecule has 5 nitrogen and oxygen atoms in total. The molecule has 0 aliphatic carbocycles. The number of ether oxygens (including phenoxy) is 1. The van der Waals surface area contributed by atoms with Crippen LogP contribution in [0.15, 0.2) is 24.3 Å². The number of rotatable bonds is 2. The van der Waals surface area contributed by atoms with Crippen LogP contribution in [0.25, 0.3) is 0 Å². The van der Waals surface area contributed by atoms with Crippen LogP contribution in [0, 0.1) is 6.92 Å². The first kappa shape index (κ1) is 10.5. The van der Waals surface area contributed by atoms with Gasteiger partial charge in [0.1, 0.15) is 12.6 Å². The first-order chi connectivity index (χ1) is 7.65. The third-order valence-electron chi connectivity index (χ3n) is 2.28. The number of alkyl carbamates (subject to hydrolysis) is 1. The van der Waals surface area contributed by atoms with Gasteiger partial charge in [0, 0.05) is 5.69 Å². The summed E-state index contributed by atoms with van der Waals surface area (Å²) in [6.45, 7) is 2.02. The van der Waals surface area contributed by atoms with Crippen LogP contribution in [0.4, 0.5) is 10.5 Å². The summed E-state index contributed by atoms with van der Waals surface area (Å²) < 4.78 is 4.64. The number of amides is 2. The summed E-state index contributed by atoms with van der Waals surface area (Å²) in [4.78, 5) is 22.4. The average molecular weight is 220 g/mol. The molecule has 1 aromatic rings. The fourth-order valence-corrected chi connectivity index (χ4v) is 1.48. The molecular formula is C11H12N2O3. The fraction of sp³-hybridized carbons (Fsp3) is 0.273. The maximum absolute atomic E-state index is 11.7. The Morgan fingerprint density at radius 2 is 2.38 bits per heavy atom.